The van der Waals surface area contributed by atoms with Crippen LogP contribution in [0, 0.1) is 12.8 Å². The minimum atomic E-state index is -0.547. The van der Waals surface area contributed by atoms with Gasteiger partial charge < -0.3 is 24.4 Å². The van der Waals surface area contributed by atoms with E-state index in [2.05, 4.69) is 15.3 Å². The van der Waals surface area contributed by atoms with E-state index in [-0.39, 0.29) is 24.8 Å². The van der Waals surface area contributed by atoms with Crippen LogP contribution in [-0.4, -0.2) is 52.2 Å². The fourth-order valence-corrected chi connectivity index (χ4v) is 2.91. The minimum Gasteiger partial charge on any atom is -0.479 e. The summed E-state index contributed by atoms with van der Waals surface area (Å²) in [7, 11) is 1.49. The van der Waals surface area contributed by atoms with Crippen molar-refractivity contribution in [2.75, 3.05) is 20.2 Å². The van der Waals surface area contributed by atoms with Gasteiger partial charge in [-0.05, 0) is 12.1 Å². The molecule has 10 nitrogen and oxygen atoms in total. The summed E-state index contributed by atoms with van der Waals surface area (Å²) in [5, 5.41) is 7.43. The van der Waals surface area contributed by atoms with Crippen molar-refractivity contribution in [2.24, 2.45) is 11.7 Å². The van der Waals surface area contributed by atoms with Crippen molar-refractivity contribution in [1.29, 1.82) is 0 Å². The molecule has 0 bridgehead atoms. The van der Waals surface area contributed by atoms with Crippen molar-refractivity contribution in [2.45, 2.75) is 25.7 Å². The van der Waals surface area contributed by atoms with E-state index in [0.29, 0.717) is 36.3 Å². The van der Waals surface area contributed by atoms with Gasteiger partial charge in [-0.1, -0.05) is 5.16 Å². The Morgan fingerprint density at radius 2 is 2.16 bits per heavy atom. The summed E-state index contributed by atoms with van der Waals surface area (Å²) in [4.78, 5) is 29.9. The van der Waals surface area contributed by atoms with E-state index in [9.17, 15) is 9.59 Å². The average Bonchev–Trinajstić information content (AvgIpc) is 3.31. The highest BCUT2D eigenvalue weighted by atomic mass is 16.5. The van der Waals surface area contributed by atoms with Crippen LogP contribution in [0.3, 0.4) is 0 Å². The lowest BCUT2D eigenvalue weighted by molar-refractivity contribution is -0.130. The maximum absolute atomic E-state index is 12.5. The summed E-state index contributed by atoms with van der Waals surface area (Å²) in [6, 6.07) is 1.63. The predicted molar refractivity (Wildman–Crippen MR) is 82.4 cm³/mol. The first-order valence-electron chi connectivity index (χ1n) is 7.84. The molecule has 2 aromatic heterocycles. The Bertz CT molecular complexity index is 770. The van der Waals surface area contributed by atoms with Gasteiger partial charge in [0.1, 0.15) is 5.76 Å². The number of amides is 2. The molecule has 1 aliphatic heterocycles. The molecule has 0 aliphatic carbocycles. The van der Waals surface area contributed by atoms with E-state index < -0.39 is 11.8 Å². The molecule has 2 aromatic rings. The van der Waals surface area contributed by atoms with Gasteiger partial charge >= 0.3 is 0 Å². The fourth-order valence-electron chi connectivity index (χ4n) is 2.91. The molecule has 1 fully saturated rings. The molecule has 0 saturated carbocycles. The Hall–Kier alpha value is -2.91. The van der Waals surface area contributed by atoms with Crippen molar-refractivity contribution < 1.29 is 23.4 Å². The molecule has 1 aliphatic rings. The molecular formula is C15H19N5O5. The number of ether oxygens (including phenoxy) is 1. The minimum absolute atomic E-state index is 0.111. The zero-order valence-electron chi connectivity index (χ0n) is 14.0. The van der Waals surface area contributed by atoms with E-state index in [4.69, 9.17) is 19.5 Å². The molecule has 2 amide bonds. The van der Waals surface area contributed by atoms with Gasteiger partial charge in [0.05, 0.1) is 18.9 Å². The number of rotatable bonds is 6. The van der Waals surface area contributed by atoms with Gasteiger partial charge in [-0.15, -0.1) is 0 Å². The number of aryl methyl sites for hydroxylation is 2. The predicted octanol–water partition coefficient (Wildman–Crippen LogP) is 0.0347. The lowest BCUT2D eigenvalue weighted by atomic mass is 9.95. The van der Waals surface area contributed by atoms with Crippen molar-refractivity contribution in [1.82, 2.24) is 20.2 Å². The number of carbonyl (C=O) groups excluding carboxylic acids is 2. The lowest BCUT2D eigenvalue weighted by Crippen LogP contribution is -2.32. The van der Waals surface area contributed by atoms with Gasteiger partial charge in [0.15, 0.2) is 5.82 Å². The third-order valence-corrected chi connectivity index (χ3v) is 4.23. The monoisotopic (exact) mass is 349 g/mol. The first-order valence-corrected chi connectivity index (χ1v) is 7.84. The van der Waals surface area contributed by atoms with Crippen LogP contribution >= 0.6 is 0 Å². The number of methoxy groups -OCH3 is 1. The first-order chi connectivity index (χ1) is 12.0. The summed E-state index contributed by atoms with van der Waals surface area (Å²) in [5.41, 5.74) is 5.47. The van der Waals surface area contributed by atoms with Crippen LogP contribution in [0.15, 0.2) is 15.1 Å². The van der Waals surface area contributed by atoms with Crippen LogP contribution in [0.5, 0.6) is 5.88 Å². The van der Waals surface area contributed by atoms with Crippen molar-refractivity contribution in [3.8, 4) is 5.88 Å². The second kappa shape index (κ2) is 6.91. The quantitative estimate of drug-likeness (QED) is 0.771. The summed E-state index contributed by atoms with van der Waals surface area (Å²) >= 11 is 0. The molecule has 2 unspecified atom stereocenters. The Kier molecular flexibility index (Phi) is 4.68. The van der Waals surface area contributed by atoms with Gasteiger partial charge in [0, 0.05) is 32.0 Å². The molecule has 2 N–H and O–H groups in total. The Morgan fingerprint density at radius 3 is 2.76 bits per heavy atom. The molecular weight excluding hydrogens is 330 g/mol. The summed E-state index contributed by atoms with van der Waals surface area (Å²) < 4.78 is 15.2. The molecule has 10 heteroatoms. The molecule has 134 valence electrons. The second-order valence-electron chi connectivity index (χ2n) is 5.93. The number of carbonyl (C=O) groups is 2. The summed E-state index contributed by atoms with van der Waals surface area (Å²) in [5.74, 6) is 0.196. The number of aromatic nitrogens is 3. The smallest absolute Gasteiger partial charge is 0.254 e. The summed E-state index contributed by atoms with van der Waals surface area (Å²) in [6.45, 7) is 2.24. The zero-order chi connectivity index (χ0) is 18.0. The number of hydrogen-bond acceptors (Lipinski definition) is 8. The van der Waals surface area contributed by atoms with Crippen LogP contribution in [0.25, 0.3) is 0 Å². The maximum Gasteiger partial charge on any atom is 0.254 e. The van der Waals surface area contributed by atoms with E-state index in [1.165, 1.54) is 7.11 Å². The third-order valence-electron chi connectivity index (χ3n) is 4.23. The number of likely N-dealkylation sites (tertiary alicyclic amines) is 1. The van der Waals surface area contributed by atoms with Crippen LogP contribution in [-0.2, 0) is 16.0 Å². The molecule has 0 spiro atoms. The molecule has 0 aromatic carbocycles. The van der Waals surface area contributed by atoms with E-state index in [1.807, 2.05) is 0 Å². The third kappa shape index (κ3) is 3.62. The standard InChI is InChI=1S/C15H19N5O5/c1-8-17-15(25-18-8)11-7-20(6-10(11)14(16)22)13(21)4-3-9-5-12(23-2)19-24-9/h5,10-11H,3-4,6-7H2,1-2H3,(H2,16,22). The van der Waals surface area contributed by atoms with E-state index >= 15 is 0 Å². The molecule has 3 heterocycles. The van der Waals surface area contributed by atoms with Crippen LogP contribution < -0.4 is 10.5 Å². The van der Waals surface area contributed by atoms with Crippen molar-refractivity contribution >= 4 is 11.8 Å². The largest absolute Gasteiger partial charge is 0.479 e. The van der Waals surface area contributed by atoms with E-state index in [0.717, 1.165) is 0 Å². The van der Waals surface area contributed by atoms with Crippen molar-refractivity contribution in [3.05, 3.63) is 23.5 Å². The maximum atomic E-state index is 12.5. The van der Waals surface area contributed by atoms with Crippen LogP contribution in [0.4, 0.5) is 0 Å². The topological polar surface area (TPSA) is 138 Å². The fraction of sp³-hybridized carbons (Fsp3) is 0.533. The molecule has 25 heavy (non-hydrogen) atoms. The highest BCUT2D eigenvalue weighted by molar-refractivity contribution is 5.82. The number of primary amides is 1. The van der Waals surface area contributed by atoms with Crippen LogP contribution in [0.1, 0.15) is 29.8 Å². The molecule has 3 rings (SSSR count). The van der Waals surface area contributed by atoms with Gasteiger partial charge in [0.25, 0.3) is 5.88 Å². The Balaban J connectivity index is 1.64. The second-order valence-corrected chi connectivity index (χ2v) is 5.93. The van der Waals surface area contributed by atoms with Crippen LogP contribution in [0.2, 0.25) is 0 Å². The average molecular weight is 349 g/mol. The Morgan fingerprint density at radius 1 is 1.36 bits per heavy atom. The molecule has 2 atom stereocenters. The Labute approximate surface area is 143 Å². The van der Waals surface area contributed by atoms with Crippen molar-refractivity contribution in [3.63, 3.8) is 0 Å². The normalized spacial score (nSPS) is 20.0. The highest BCUT2D eigenvalue weighted by Gasteiger charge is 2.42. The van der Waals surface area contributed by atoms with Gasteiger partial charge in [0.2, 0.25) is 17.7 Å². The summed E-state index contributed by atoms with van der Waals surface area (Å²) in [6.07, 6.45) is 0.608. The van der Waals surface area contributed by atoms with E-state index in [1.54, 1.807) is 17.9 Å². The van der Waals surface area contributed by atoms with Gasteiger partial charge in [-0.25, -0.2) is 0 Å². The molecule has 0 radical (unpaired) electrons. The first kappa shape index (κ1) is 16.9. The number of nitrogens with zero attached hydrogens (tertiary/aromatic N) is 4. The van der Waals surface area contributed by atoms with Gasteiger partial charge in [-0.2, -0.15) is 4.98 Å². The zero-order valence-corrected chi connectivity index (χ0v) is 14.0. The number of nitrogens with two attached hydrogens (primary N) is 1. The molecule has 1 saturated heterocycles. The SMILES string of the molecule is COc1cc(CCC(=O)N2CC(C(N)=O)C(c3nc(C)no3)C2)on1. The van der Waals surface area contributed by atoms with Gasteiger partial charge in [-0.3, -0.25) is 9.59 Å². The lowest BCUT2D eigenvalue weighted by Gasteiger charge is -2.15. The highest BCUT2D eigenvalue weighted by Crippen LogP contribution is 2.32. The number of hydrogen-bond donors (Lipinski definition) is 1.